The Labute approximate surface area is 127 Å². The summed E-state index contributed by atoms with van der Waals surface area (Å²) in [6.45, 7) is 7.19. The van der Waals surface area contributed by atoms with Crippen LogP contribution in [0.2, 0.25) is 0 Å². The number of amides is 1. The highest BCUT2D eigenvalue weighted by molar-refractivity contribution is 5.94. The Hall–Kier alpha value is -1.10. The molecular weight excluding hydrogens is 276 g/mol. The molecule has 114 valence electrons. The van der Waals surface area contributed by atoms with Crippen molar-refractivity contribution in [1.29, 1.82) is 0 Å². The molecule has 2 unspecified atom stereocenters. The molecule has 2 atom stereocenters. The first-order valence-corrected chi connectivity index (χ1v) is 6.81. The zero-order chi connectivity index (χ0) is 14.3. The topological polar surface area (TPSA) is 64.3 Å². The monoisotopic (exact) mass is 300 g/mol. The Bertz CT molecular complexity index is 413. The number of hydrogen-bond donors (Lipinski definition) is 2. The minimum atomic E-state index is -0.472. The Kier molecular flexibility index (Phi) is 9.21. The highest BCUT2D eigenvalue weighted by atomic mass is 35.5. The zero-order valence-corrected chi connectivity index (χ0v) is 13.2. The Morgan fingerprint density at radius 1 is 1.40 bits per heavy atom. The summed E-state index contributed by atoms with van der Waals surface area (Å²) in [5.41, 5.74) is 7.70. The number of nitrogens with two attached hydrogens (primary N) is 1. The molecule has 3 N–H and O–H groups in total. The van der Waals surface area contributed by atoms with Gasteiger partial charge in [0.1, 0.15) is 0 Å². The fourth-order valence-electron chi connectivity index (χ4n) is 1.70. The summed E-state index contributed by atoms with van der Waals surface area (Å²) in [6.07, 6.45) is 0.888. The molecule has 0 saturated carbocycles. The fourth-order valence-corrected chi connectivity index (χ4v) is 1.70. The average molecular weight is 301 g/mol. The molecule has 0 aromatic heterocycles. The van der Waals surface area contributed by atoms with Crippen LogP contribution in [0.25, 0.3) is 0 Å². The molecule has 1 aromatic rings. The maximum atomic E-state index is 12.0. The zero-order valence-electron chi connectivity index (χ0n) is 12.4. The van der Waals surface area contributed by atoms with Gasteiger partial charge in [0.25, 0.3) is 0 Å². The molecule has 0 aliphatic heterocycles. The van der Waals surface area contributed by atoms with Gasteiger partial charge in [-0.1, -0.05) is 32.4 Å². The van der Waals surface area contributed by atoms with E-state index in [2.05, 4.69) is 5.32 Å². The van der Waals surface area contributed by atoms with Gasteiger partial charge in [-0.15, -0.1) is 12.4 Å². The summed E-state index contributed by atoms with van der Waals surface area (Å²) in [5, 5.41) is 2.85. The third kappa shape index (κ3) is 5.90. The van der Waals surface area contributed by atoms with Crippen molar-refractivity contribution < 1.29 is 9.53 Å². The first kappa shape index (κ1) is 18.9. The molecule has 0 heterocycles. The van der Waals surface area contributed by atoms with Crippen LogP contribution in [0.3, 0.4) is 0 Å². The predicted molar refractivity (Wildman–Crippen MR) is 85.1 cm³/mol. The van der Waals surface area contributed by atoms with Gasteiger partial charge in [-0.05, 0) is 30.5 Å². The van der Waals surface area contributed by atoms with Gasteiger partial charge in [0.15, 0.2) is 0 Å². The van der Waals surface area contributed by atoms with Crippen LogP contribution in [0.4, 0.5) is 5.69 Å². The van der Waals surface area contributed by atoms with E-state index in [1.807, 2.05) is 45.0 Å². The molecule has 0 aliphatic carbocycles. The third-order valence-electron chi connectivity index (χ3n) is 3.23. The summed E-state index contributed by atoms with van der Waals surface area (Å²) < 4.78 is 5.35. The van der Waals surface area contributed by atoms with Crippen molar-refractivity contribution in [2.24, 2.45) is 11.7 Å². The number of anilines is 1. The minimum absolute atomic E-state index is 0. The van der Waals surface area contributed by atoms with Crippen molar-refractivity contribution in [3.63, 3.8) is 0 Å². The van der Waals surface area contributed by atoms with E-state index in [0.29, 0.717) is 13.2 Å². The summed E-state index contributed by atoms with van der Waals surface area (Å²) >= 11 is 0. The van der Waals surface area contributed by atoms with E-state index in [1.165, 1.54) is 0 Å². The Balaban J connectivity index is 0.00000361. The van der Waals surface area contributed by atoms with Gasteiger partial charge in [-0.25, -0.2) is 0 Å². The molecule has 0 fully saturated rings. The number of carbonyl (C=O) groups excluding carboxylic acids is 1. The lowest BCUT2D eigenvalue weighted by atomic mass is 9.99. The van der Waals surface area contributed by atoms with Gasteiger partial charge < -0.3 is 15.8 Å². The van der Waals surface area contributed by atoms with E-state index in [4.69, 9.17) is 10.5 Å². The molecule has 1 aromatic carbocycles. The van der Waals surface area contributed by atoms with Crippen LogP contribution in [0, 0.1) is 5.92 Å². The standard InChI is InChI=1S/C15H24N2O2.ClH/c1-4-11(3)14(16)15(18)17-13-8-6-7-12(9-13)10-19-5-2;/h6-9,11,14H,4-5,10,16H2,1-3H3,(H,17,18);1H. The minimum Gasteiger partial charge on any atom is -0.377 e. The number of ether oxygens (including phenoxy) is 1. The SMILES string of the molecule is CCOCc1cccc(NC(=O)C(N)C(C)CC)c1.Cl. The highest BCUT2D eigenvalue weighted by Crippen LogP contribution is 2.13. The van der Waals surface area contributed by atoms with Crippen LogP contribution >= 0.6 is 12.4 Å². The number of nitrogens with one attached hydrogen (secondary N) is 1. The fraction of sp³-hybridized carbons (Fsp3) is 0.533. The van der Waals surface area contributed by atoms with Crippen molar-refractivity contribution in [2.45, 2.75) is 39.8 Å². The molecule has 0 spiro atoms. The van der Waals surface area contributed by atoms with Gasteiger partial charge in [0, 0.05) is 12.3 Å². The summed E-state index contributed by atoms with van der Waals surface area (Å²) in [4.78, 5) is 12.0. The van der Waals surface area contributed by atoms with E-state index < -0.39 is 6.04 Å². The second-order valence-electron chi connectivity index (χ2n) is 4.74. The lowest BCUT2D eigenvalue weighted by molar-refractivity contribution is -0.118. The van der Waals surface area contributed by atoms with E-state index in [1.54, 1.807) is 0 Å². The second-order valence-corrected chi connectivity index (χ2v) is 4.74. The van der Waals surface area contributed by atoms with Gasteiger partial charge >= 0.3 is 0 Å². The van der Waals surface area contributed by atoms with E-state index in [9.17, 15) is 4.79 Å². The number of benzene rings is 1. The van der Waals surface area contributed by atoms with Crippen LogP contribution in [0.1, 0.15) is 32.8 Å². The molecule has 0 radical (unpaired) electrons. The van der Waals surface area contributed by atoms with Gasteiger partial charge in [-0.3, -0.25) is 4.79 Å². The molecular formula is C15H25ClN2O2. The summed E-state index contributed by atoms with van der Waals surface area (Å²) in [6, 6.07) is 7.17. The van der Waals surface area contributed by atoms with Crippen molar-refractivity contribution in [1.82, 2.24) is 0 Å². The Morgan fingerprint density at radius 3 is 2.70 bits per heavy atom. The number of carbonyl (C=O) groups is 1. The van der Waals surface area contributed by atoms with E-state index in [-0.39, 0.29) is 24.2 Å². The average Bonchev–Trinajstić information content (AvgIpc) is 2.43. The van der Waals surface area contributed by atoms with Crippen LogP contribution in [0.5, 0.6) is 0 Å². The molecule has 1 rings (SSSR count). The molecule has 5 heteroatoms. The number of hydrogen-bond acceptors (Lipinski definition) is 3. The van der Waals surface area contributed by atoms with Gasteiger partial charge in [0.2, 0.25) is 5.91 Å². The molecule has 20 heavy (non-hydrogen) atoms. The van der Waals surface area contributed by atoms with Crippen LogP contribution in [-0.2, 0) is 16.1 Å². The maximum absolute atomic E-state index is 12.0. The lowest BCUT2D eigenvalue weighted by Crippen LogP contribution is -2.40. The normalized spacial score (nSPS) is 13.2. The first-order valence-electron chi connectivity index (χ1n) is 6.81. The first-order chi connectivity index (χ1) is 9.08. The summed E-state index contributed by atoms with van der Waals surface area (Å²) in [5.74, 6) is 0.0366. The smallest absolute Gasteiger partial charge is 0.241 e. The van der Waals surface area contributed by atoms with Crippen molar-refractivity contribution >= 4 is 24.0 Å². The van der Waals surface area contributed by atoms with Crippen LogP contribution < -0.4 is 11.1 Å². The third-order valence-corrected chi connectivity index (χ3v) is 3.23. The number of rotatable bonds is 7. The van der Waals surface area contributed by atoms with E-state index >= 15 is 0 Å². The van der Waals surface area contributed by atoms with Gasteiger partial charge in [0.05, 0.1) is 12.6 Å². The van der Waals surface area contributed by atoms with Crippen molar-refractivity contribution in [3.05, 3.63) is 29.8 Å². The van der Waals surface area contributed by atoms with Crippen molar-refractivity contribution in [2.75, 3.05) is 11.9 Å². The van der Waals surface area contributed by atoms with E-state index in [0.717, 1.165) is 17.7 Å². The van der Waals surface area contributed by atoms with Crippen LogP contribution in [0.15, 0.2) is 24.3 Å². The summed E-state index contributed by atoms with van der Waals surface area (Å²) in [7, 11) is 0. The van der Waals surface area contributed by atoms with Gasteiger partial charge in [-0.2, -0.15) is 0 Å². The predicted octanol–water partition coefficient (Wildman–Crippen LogP) is 2.96. The number of halogens is 1. The molecule has 1 amide bonds. The second kappa shape index (κ2) is 9.75. The van der Waals surface area contributed by atoms with Crippen molar-refractivity contribution in [3.8, 4) is 0 Å². The largest absolute Gasteiger partial charge is 0.377 e. The molecule has 0 saturated heterocycles. The molecule has 0 aliphatic rings. The quantitative estimate of drug-likeness (QED) is 0.813. The van der Waals surface area contributed by atoms with Crippen LogP contribution in [-0.4, -0.2) is 18.6 Å². The highest BCUT2D eigenvalue weighted by Gasteiger charge is 2.19. The lowest BCUT2D eigenvalue weighted by Gasteiger charge is -2.18. The Morgan fingerprint density at radius 2 is 2.10 bits per heavy atom. The maximum Gasteiger partial charge on any atom is 0.241 e. The molecule has 4 nitrogen and oxygen atoms in total. The molecule has 0 bridgehead atoms.